The lowest BCUT2D eigenvalue weighted by Crippen LogP contribution is -2.21. The van der Waals surface area contributed by atoms with Crippen LogP contribution in [0, 0.1) is 11.3 Å². The van der Waals surface area contributed by atoms with Crippen LogP contribution in [0.15, 0.2) is 24.3 Å². The predicted octanol–water partition coefficient (Wildman–Crippen LogP) is 1.18. The Morgan fingerprint density at radius 2 is 2.29 bits per heavy atom. The maximum absolute atomic E-state index is 10.7. The van der Waals surface area contributed by atoms with Crippen LogP contribution in [-0.4, -0.2) is 20.1 Å². The number of carbonyl (C=O) groups excluding carboxylic acids is 1. The number of anilines is 1. The van der Waals surface area contributed by atoms with E-state index < -0.39 is 0 Å². The summed E-state index contributed by atoms with van der Waals surface area (Å²) in [5.74, 6) is 0.579. The molecule has 1 rings (SSSR count). The molecule has 0 unspecified atom stereocenters. The number of benzene rings is 1. The normalized spacial score (nSPS) is 8.86. The topological polar surface area (TPSA) is 53.3 Å². The van der Waals surface area contributed by atoms with Gasteiger partial charge in [-0.1, -0.05) is 12.1 Å². The molecule has 0 fully saturated rings. The predicted molar refractivity (Wildman–Crippen MR) is 52.0 cm³/mol. The van der Waals surface area contributed by atoms with E-state index in [9.17, 15) is 4.79 Å². The second-order valence-corrected chi connectivity index (χ2v) is 2.56. The van der Waals surface area contributed by atoms with Crippen molar-refractivity contribution in [2.45, 2.75) is 0 Å². The summed E-state index contributed by atoms with van der Waals surface area (Å²) in [4.78, 5) is 12.0. The van der Waals surface area contributed by atoms with Crippen molar-refractivity contribution in [2.75, 3.05) is 18.6 Å². The summed E-state index contributed by atoms with van der Waals surface area (Å²) in [6, 6.07) is 8.96. The van der Waals surface area contributed by atoms with E-state index in [0.29, 0.717) is 17.8 Å². The van der Waals surface area contributed by atoms with E-state index >= 15 is 0 Å². The molecule has 0 bridgehead atoms. The molecule has 0 N–H and O–H groups in total. The summed E-state index contributed by atoms with van der Waals surface area (Å²) in [6.07, 6.45) is 0.612. The van der Waals surface area contributed by atoms with Crippen LogP contribution in [0.25, 0.3) is 0 Å². The first-order valence-electron chi connectivity index (χ1n) is 4.05. The van der Waals surface area contributed by atoms with Crippen molar-refractivity contribution >= 4 is 12.1 Å². The van der Waals surface area contributed by atoms with Gasteiger partial charge in [-0.2, -0.15) is 5.26 Å². The summed E-state index contributed by atoms with van der Waals surface area (Å²) in [5.41, 5.74) is 0.603. The molecule has 1 aromatic rings. The Morgan fingerprint density at radius 1 is 1.57 bits per heavy atom. The van der Waals surface area contributed by atoms with Crippen LogP contribution in [0.2, 0.25) is 0 Å². The van der Waals surface area contributed by atoms with Gasteiger partial charge in [0.1, 0.15) is 12.3 Å². The molecule has 0 aliphatic rings. The zero-order chi connectivity index (χ0) is 10.4. The van der Waals surface area contributed by atoms with Crippen molar-refractivity contribution in [3.63, 3.8) is 0 Å². The SMILES string of the molecule is COc1ccccc1N(C=O)CC#N. The molecule has 14 heavy (non-hydrogen) atoms. The quantitative estimate of drug-likeness (QED) is 0.529. The monoisotopic (exact) mass is 190 g/mol. The molecule has 0 atom stereocenters. The van der Waals surface area contributed by atoms with Gasteiger partial charge in [0.15, 0.2) is 0 Å². The summed E-state index contributed by atoms with van der Waals surface area (Å²) in [7, 11) is 1.52. The molecule has 1 aromatic carbocycles. The minimum absolute atomic E-state index is 0.0177. The smallest absolute Gasteiger partial charge is 0.215 e. The number of hydrogen-bond acceptors (Lipinski definition) is 3. The standard InChI is InChI=1S/C10H10N2O2/c1-14-10-5-3-2-4-9(10)12(8-13)7-6-11/h2-5,8H,7H2,1H3. The number of para-hydroxylation sites is 2. The van der Waals surface area contributed by atoms with E-state index in [1.165, 1.54) is 12.0 Å². The maximum atomic E-state index is 10.7. The lowest BCUT2D eigenvalue weighted by molar-refractivity contribution is -0.107. The van der Waals surface area contributed by atoms with E-state index in [2.05, 4.69) is 0 Å². The van der Waals surface area contributed by atoms with E-state index in [1.54, 1.807) is 24.3 Å². The van der Waals surface area contributed by atoms with Gasteiger partial charge in [-0.25, -0.2) is 0 Å². The maximum Gasteiger partial charge on any atom is 0.215 e. The highest BCUT2D eigenvalue weighted by Gasteiger charge is 2.09. The lowest BCUT2D eigenvalue weighted by atomic mass is 10.2. The number of methoxy groups -OCH3 is 1. The van der Waals surface area contributed by atoms with E-state index in [4.69, 9.17) is 10.00 Å². The van der Waals surface area contributed by atoms with Gasteiger partial charge in [-0.05, 0) is 12.1 Å². The molecule has 0 aliphatic heterocycles. The molecule has 1 amide bonds. The molecular weight excluding hydrogens is 180 g/mol. The number of hydrogen-bond donors (Lipinski definition) is 0. The van der Waals surface area contributed by atoms with Crippen molar-refractivity contribution in [1.82, 2.24) is 0 Å². The zero-order valence-electron chi connectivity index (χ0n) is 7.80. The highest BCUT2D eigenvalue weighted by molar-refractivity contribution is 5.79. The number of nitrogens with zero attached hydrogens (tertiary/aromatic N) is 2. The number of rotatable bonds is 4. The molecule has 4 nitrogen and oxygen atoms in total. The van der Waals surface area contributed by atoms with Gasteiger partial charge >= 0.3 is 0 Å². The highest BCUT2D eigenvalue weighted by atomic mass is 16.5. The minimum Gasteiger partial charge on any atom is -0.495 e. The van der Waals surface area contributed by atoms with Crippen LogP contribution >= 0.6 is 0 Å². The molecular formula is C10H10N2O2. The van der Waals surface area contributed by atoms with E-state index in [1.807, 2.05) is 6.07 Å². The molecule has 0 spiro atoms. The van der Waals surface area contributed by atoms with Gasteiger partial charge in [0.25, 0.3) is 0 Å². The molecule has 0 saturated carbocycles. The van der Waals surface area contributed by atoms with Crippen molar-refractivity contribution in [3.05, 3.63) is 24.3 Å². The third kappa shape index (κ3) is 2.02. The van der Waals surface area contributed by atoms with Crippen molar-refractivity contribution in [3.8, 4) is 11.8 Å². The van der Waals surface area contributed by atoms with Crippen molar-refractivity contribution < 1.29 is 9.53 Å². The second-order valence-electron chi connectivity index (χ2n) is 2.56. The van der Waals surface area contributed by atoms with Crippen molar-refractivity contribution in [2.24, 2.45) is 0 Å². The molecule has 4 heteroatoms. The lowest BCUT2D eigenvalue weighted by Gasteiger charge is -2.16. The average molecular weight is 190 g/mol. The number of nitriles is 1. The molecule has 0 aromatic heterocycles. The highest BCUT2D eigenvalue weighted by Crippen LogP contribution is 2.26. The van der Waals surface area contributed by atoms with Gasteiger partial charge < -0.3 is 4.74 Å². The third-order valence-corrected chi connectivity index (χ3v) is 1.76. The number of carbonyl (C=O) groups is 1. The van der Waals surface area contributed by atoms with Crippen LogP contribution in [0.1, 0.15) is 0 Å². The van der Waals surface area contributed by atoms with Crippen LogP contribution in [0.3, 0.4) is 0 Å². The zero-order valence-corrected chi connectivity index (χ0v) is 7.80. The Bertz CT molecular complexity index is 357. The van der Waals surface area contributed by atoms with Crippen LogP contribution in [0.4, 0.5) is 5.69 Å². The summed E-state index contributed by atoms with van der Waals surface area (Å²) in [5, 5.41) is 8.50. The Balaban J connectivity index is 3.03. The van der Waals surface area contributed by atoms with Gasteiger partial charge in [0, 0.05) is 0 Å². The molecule has 0 radical (unpaired) electrons. The molecule has 0 saturated heterocycles. The number of ether oxygens (including phenoxy) is 1. The Kier molecular flexibility index (Phi) is 3.50. The summed E-state index contributed by atoms with van der Waals surface area (Å²) >= 11 is 0. The van der Waals surface area contributed by atoms with E-state index in [0.717, 1.165) is 0 Å². The van der Waals surface area contributed by atoms with Crippen LogP contribution in [0.5, 0.6) is 5.75 Å². The minimum atomic E-state index is 0.0177. The number of amides is 1. The van der Waals surface area contributed by atoms with Gasteiger partial charge in [0.2, 0.25) is 6.41 Å². The van der Waals surface area contributed by atoms with Gasteiger partial charge in [0.05, 0.1) is 18.9 Å². The van der Waals surface area contributed by atoms with Gasteiger partial charge in [-0.3, -0.25) is 9.69 Å². The Labute approximate surface area is 82.3 Å². The first-order chi connectivity index (χ1) is 6.83. The Morgan fingerprint density at radius 3 is 2.86 bits per heavy atom. The molecule has 0 aliphatic carbocycles. The van der Waals surface area contributed by atoms with Crippen LogP contribution in [-0.2, 0) is 4.79 Å². The summed E-state index contributed by atoms with van der Waals surface area (Å²) in [6.45, 7) is 0.0177. The largest absolute Gasteiger partial charge is 0.495 e. The Hall–Kier alpha value is -2.02. The molecule has 72 valence electrons. The van der Waals surface area contributed by atoms with Gasteiger partial charge in [-0.15, -0.1) is 0 Å². The van der Waals surface area contributed by atoms with Crippen molar-refractivity contribution in [1.29, 1.82) is 5.26 Å². The first kappa shape index (κ1) is 10.1. The fourth-order valence-electron chi connectivity index (χ4n) is 1.12. The first-order valence-corrected chi connectivity index (χ1v) is 4.05. The van der Waals surface area contributed by atoms with E-state index in [-0.39, 0.29) is 6.54 Å². The van der Waals surface area contributed by atoms with Crippen LogP contribution < -0.4 is 9.64 Å². The second kappa shape index (κ2) is 4.87. The fraction of sp³-hybridized carbons (Fsp3) is 0.200. The third-order valence-electron chi connectivity index (χ3n) is 1.76. The summed E-state index contributed by atoms with van der Waals surface area (Å²) < 4.78 is 5.06. The fourth-order valence-corrected chi connectivity index (χ4v) is 1.12. The molecule has 0 heterocycles. The average Bonchev–Trinajstić information content (AvgIpc) is 2.26.